The highest BCUT2D eigenvalue weighted by atomic mass is 19.1. The number of benzene rings is 5. The molecule has 0 spiro atoms. The number of ketones is 1. The Bertz CT molecular complexity index is 3940. The zero-order valence-electron chi connectivity index (χ0n) is 57.5. The molecule has 1 saturated carbocycles. The highest BCUT2D eigenvalue weighted by molar-refractivity contribution is 5.95. The molecule has 4 heterocycles. The number of aliphatic carboxylic acids is 1. The van der Waals surface area contributed by atoms with E-state index in [1.54, 1.807) is 18.2 Å². The summed E-state index contributed by atoms with van der Waals surface area (Å²) >= 11 is 0. The molecule has 3 aliphatic heterocycles. The molecule has 0 bridgehead atoms. The molecule has 105 heavy (non-hydrogen) atoms. The quantitative estimate of drug-likeness (QED) is 0.0204. The average Bonchev–Trinajstić information content (AvgIpc) is 0.799. The Morgan fingerprint density at radius 2 is 1.51 bits per heavy atom. The van der Waals surface area contributed by atoms with Crippen LogP contribution in [0.4, 0.5) is 15.8 Å². The molecule has 568 valence electrons. The summed E-state index contributed by atoms with van der Waals surface area (Å²) in [6.45, 7) is 1.84. The van der Waals surface area contributed by atoms with Gasteiger partial charge in [0.2, 0.25) is 17.7 Å². The van der Waals surface area contributed by atoms with Crippen LogP contribution in [0.2, 0.25) is 0 Å². The number of fused-ring (bicyclic) bond motifs is 1. The second-order valence-electron chi connectivity index (χ2n) is 26.4. The third-order valence-corrected chi connectivity index (χ3v) is 18.6. The fourth-order valence-corrected chi connectivity index (χ4v) is 13.3. The van der Waals surface area contributed by atoms with Crippen LogP contribution in [0.3, 0.4) is 0 Å². The van der Waals surface area contributed by atoms with E-state index >= 15 is 0 Å². The Hall–Kier alpha value is -8.43. The van der Waals surface area contributed by atoms with Crippen LogP contribution in [0.15, 0.2) is 121 Å². The number of nitrogens with one attached hydrogen (secondary N) is 4. The number of carboxylic acid groups (broad SMARTS) is 1. The highest BCUT2D eigenvalue weighted by Crippen LogP contribution is 2.44. The summed E-state index contributed by atoms with van der Waals surface area (Å²) in [6.07, 6.45) is -31.5. The van der Waals surface area contributed by atoms with Crippen LogP contribution >= 0.6 is 0 Å². The third-order valence-electron chi connectivity index (χ3n) is 18.6. The summed E-state index contributed by atoms with van der Waals surface area (Å²) < 4.78 is 70.8. The number of aliphatic hydroxyl groups is 9. The molecule has 4 fully saturated rings. The van der Waals surface area contributed by atoms with Gasteiger partial charge in [0.15, 0.2) is 18.7 Å². The topological polar surface area (TPSA) is 467 Å². The van der Waals surface area contributed by atoms with Crippen LogP contribution in [0.1, 0.15) is 73.5 Å². The number of carbonyl (C=O) groups excluding carboxylic acids is 5. The molecule has 6 aromatic rings. The van der Waals surface area contributed by atoms with Crippen LogP contribution in [0.25, 0.3) is 22.0 Å². The Kier molecular flexibility index (Phi) is 27.3. The van der Waals surface area contributed by atoms with E-state index in [-0.39, 0.29) is 68.9 Å². The van der Waals surface area contributed by atoms with E-state index in [4.69, 9.17) is 42.6 Å². The monoisotopic (exact) mass is 1470 g/mol. The number of ether oxygens (including phenoxy) is 9. The number of hydrogen-bond donors (Lipinski definition) is 14. The van der Waals surface area contributed by atoms with E-state index in [0.29, 0.717) is 12.2 Å². The molecular formula is C72H88FN7O25. The van der Waals surface area contributed by atoms with Gasteiger partial charge in [0.1, 0.15) is 91.5 Å². The van der Waals surface area contributed by atoms with Gasteiger partial charge < -0.3 is 115 Å². The minimum absolute atomic E-state index is 0.0360. The van der Waals surface area contributed by atoms with Gasteiger partial charge in [-0.2, -0.15) is 0 Å². The zero-order chi connectivity index (χ0) is 75.2. The Morgan fingerprint density at radius 3 is 2.24 bits per heavy atom. The summed E-state index contributed by atoms with van der Waals surface area (Å²) in [6, 6.07) is 29.2. The Labute approximate surface area is 601 Å². The smallest absolute Gasteiger partial charge is 0.364 e. The molecule has 32 nitrogen and oxygen atoms in total. The molecule has 3 amide bonds. The van der Waals surface area contributed by atoms with Crippen molar-refractivity contribution in [2.24, 2.45) is 5.92 Å². The van der Waals surface area contributed by atoms with E-state index in [1.165, 1.54) is 60.3 Å². The molecule has 5 aromatic carbocycles. The Balaban J connectivity index is 0.857. The number of nitrogens with zero attached hydrogens (tertiary/aromatic N) is 3. The van der Waals surface area contributed by atoms with Gasteiger partial charge in [-0.05, 0) is 92.1 Å². The number of rotatable bonds is 32. The number of esters is 1. The van der Waals surface area contributed by atoms with Crippen molar-refractivity contribution in [3.63, 3.8) is 0 Å². The number of halogens is 1. The van der Waals surface area contributed by atoms with E-state index < -0.39 is 189 Å². The zero-order valence-corrected chi connectivity index (χ0v) is 57.5. The summed E-state index contributed by atoms with van der Waals surface area (Å²) in [5, 5.41) is 133. The van der Waals surface area contributed by atoms with Crippen LogP contribution in [-0.4, -0.2) is 258 Å². The van der Waals surface area contributed by atoms with Gasteiger partial charge in [-0.3, -0.25) is 19.2 Å². The van der Waals surface area contributed by atoms with Crippen molar-refractivity contribution in [2.45, 2.75) is 175 Å². The van der Waals surface area contributed by atoms with Crippen molar-refractivity contribution in [3.05, 3.63) is 144 Å². The van der Waals surface area contributed by atoms with E-state index in [2.05, 4.69) is 55.8 Å². The van der Waals surface area contributed by atoms with Crippen LogP contribution in [0.5, 0.6) is 0 Å². The number of carboxylic acids is 1. The fourth-order valence-electron chi connectivity index (χ4n) is 13.3. The van der Waals surface area contributed by atoms with Gasteiger partial charge >= 0.3 is 11.9 Å². The Morgan fingerprint density at radius 1 is 0.781 bits per heavy atom. The largest absolute Gasteiger partial charge is 0.477 e. The molecule has 1 aromatic heterocycles. The average molecular weight is 1470 g/mol. The normalized spacial score (nSPS) is 28.9. The van der Waals surface area contributed by atoms with Crippen molar-refractivity contribution in [2.75, 3.05) is 56.8 Å². The van der Waals surface area contributed by atoms with Gasteiger partial charge in [0.05, 0.1) is 68.6 Å². The number of amides is 3. The summed E-state index contributed by atoms with van der Waals surface area (Å²) in [4.78, 5) is 81.3. The molecule has 3 saturated heterocycles. The molecule has 14 N–H and O–H groups in total. The van der Waals surface area contributed by atoms with Crippen LogP contribution in [-0.2, 0) is 73.1 Å². The molecule has 33 heteroatoms. The van der Waals surface area contributed by atoms with E-state index in [9.17, 15) is 84.2 Å². The van der Waals surface area contributed by atoms with Gasteiger partial charge in [0.25, 0.3) is 5.79 Å². The molecule has 1 aliphatic carbocycles. The van der Waals surface area contributed by atoms with Crippen molar-refractivity contribution >= 4 is 57.6 Å². The maximum absolute atomic E-state index is 14.8. The fraction of sp³-hybridized carbons (Fsp3) is 0.500. The van der Waals surface area contributed by atoms with Crippen molar-refractivity contribution in [3.8, 4) is 11.3 Å². The van der Waals surface area contributed by atoms with E-state index in [0.717, 1.165) is 34.5 Å². The summed E-state index contributed by atoms with van der Waals surface area (Å²) in [7, 11) is 0. The first-order valence-electron chi connectivity index (χ1n) is 34.3. The molecule has 0 radical (unpaired) electrons. The van der Waals surface area contributed by atoms with Gasteiger partial charge in [-0.15, -0.1) is 5.10 Å². The van der Waals surface area contributed by atoms with Crippen molar-refractivity contribution in [1.82, 2.24) is 25.6 Å². The van der Waals surface area contributed by atoms with Crippen molar-refractivity contribution < 1.29 is 127 Å². The number of hydrogen-bond acceptors (Lipinski definition) is 27. The number of aromatic nitrogens is 3. The standard InChI is InChI=1S/C72H88FN7O25/c1-37-24-42-15-7-8-19-47(42)48(25-37)75-31-40-12-9-18-46(26-40)77-57(88)36-98-23-22-97-35-56(87)74-21-11-20-51(84)44-28-50(80-32-49(78-79-80)43-16-10-17-45(73)27-43)64(103-69-63(93)62(92)59(89)38(2)99-69)54(29-44)100-70-67(102-68(94)41-13-5-4-6-14-41)66(61(91)55(34-82)101-70)105-72(71(95)96)30-52(85)58(76-39(3)83)65(104-72)60(90)53(86)33-81/h4-10,12-19,24-27,32,38,44,50,52-55,58-67,69-70,75,81-82,85-86,89-93H,11,20-23,28-31,33-36H2,1-3H3,(H,74,87)(H,76,83)(H,77,88)(H,95,96)/t38?,44?,50?,52?,53-,54?,55?,58?,59?,60-,61?,62?,63?,64?,65?,66?,67?,69?,70?,72?/m1/s1. The number of aryl methyl sites for hydroxylation is 1. The minimum Gasteiger partial charge on any atom is -0.477 e. The van der Waals surface area contributed by atoms with Crippen LogP contribution in [0, 0.1) is 18.7 Å². The molecule has 10 rings (SSSR count). The lowest BCUT2D eigenvalue weighted by atomic mass is 9.78. The highest BCUT2D eigenvalue weighted by Gasteiger charge is 2.61. The predicted octanol–water partition coefficient (Wildman–Crippen LogP) is 0.683. The predicted molar refractivity (Wildman–Crippen MR) is 364 cm³/mol. The SMILES string of the molecule is CC(=O)NC1C(O)CC(OC2C(O)C(CO)OC(OC3CC(C(=O)CCCNC(=O)COCCOCC(=O)Nc4cccc(CNc5cc(C)cc6ccccc56)c4)CC(n4cc(-c5cccc(F)c5)nn4)C3OC3OC(C)C(O)C(O)C3O)C2OC(=O)c2ccccc2)(C(=O)O)OC1[C@H](O)[C@H](O)CO. The third kappa shape index (κ3) is 19.8. The van der Waals surface area contributed by atoms with Gasteiger partial charge in [-0.25, -0.2) is 18.7 Å². The maximum atomic E-state index is 14.8. The first-order valence-corrected chi connectivity index (χ1v) is 34.3. The first-order chi connectivity index (χ1) is 50.3. The maximum Gasteiger partial charge on any atom is 0.364 e. The first kappa shape index (κ1) is 79.1. The molecule has 18 unspecified atom stereocenters. The van der Waals surface area contributed by atoms with Crippen LogP contribution < -0.4 is 21.3 Å². The lowest BCUT2D eigenvalue weighted by Gasteiger charge is -2.51. The lowest BCUT2D eigenvalue weighted by molar-refractivity contribution is -0.378. The molecule has 20 atom stereocenters. The molecular weight excluding hydrogens is 1380 g/mol. The number of carbonyl (C=O) groups is 6. The van der Waals surface area contributed by atoms with Crippen molar-refractivity contribution in [1.29, 1.82) is 0 Å². The summed E-state index contributed by atoms with van der Waals surface area (Å²) in [5.41, 5.74) is 3.83. The number of aliphatic hydroxyl groups excluding tert-OH is 9. The summed E-state index contributed by atoms with van der Waals surface area (Å²) in [5.74, 6) is -10.5. The number of Topliss-reactive ketones (excluding diaryl/α,β-unsaturated/α-hetero) is 1. The molecule has 4 aliphatic rings. The second kappa shape index (κ2) is 36.2. The lowest BCUT2D eigenvalue weighted by Crippen LogP contribution is -2.71. The van der Waals surface area contributed by atoms with Gasteiger partial charge in [-0.1, -0.05) is 78.0 Å². The number of anilines is 2. The second-order valence-corrected chi connectivity index (χ2v) is 26.4. The van der Waals surface area contributed by atoms with Gasteiger partial charge in [0, 0.05) is 61.1 Å². The minimum atomic E-state index is -3.25. The van der Waals surface area contributed by atoms with E-state index in [1.807, 2.05) is 37.3 Å².